The molecule has 3 aromatic rings. The third kappa shape index (κ3) is 3.94. The van der Waals surface area contributed by atoms with Gasteiger partial charge in [0.15, 0.2) is 0 Å². The number of rotatable bonds is 6. The van der Waals surface area contributed by atoms with Crippen molar-refractivity contribution in [3.8, 4) is 0 Å². The number of likely N-dealkylation sites (tertiary alicyclic amines) is 1. The van der Waals surface area contributed by atoms with Crippen molar-refractivity contribution in [3.63, 3.8) is 0 Å². The second kappa shape index (κ2) is 9.20. The molecule has 0 saturated carbocycles. The Balaban J connectivity index is 1.66. The minimum atomic E-state index is -1.76. The van der Waals surface area contributed by atoms with Crippen molar-refractivity contribution in [1.82, 2.24) is 4.90 Å². The first kappa shape index (κ1) is 21.5. The van der Waals surface area contributed by atoms with E-state index in [1.54, 1.807) is 6.07 Å². The average molecular weight is 431 g/mol. The first-order valence-corrected chi connectivity index (χ1v) is 10.6. The van der Waals surface area contributed by atoms with E-state index in [9.17, 15) is 14.4 Å². The molecule has 1 saturated heterocycles. The minimum absolute atomic E-state index is 0.00757. The maximum Gasteiger partial charge on any atom is 0.342 e. The van der Waals surface area contributed by atoms with E-state index in [4.69, 9.17) is 10.5 Å². The molecule has 0 radical (unpaired) electrons. The third-order valence-corrected chi connectivity index (χ3v) is 5.82. The summed E-state index contributed by atoms with van der Waals surface area (Å²) < 4.78 is 5.55. The molecule has 4 rings (SSSR count). The number of nitrogens with zero attached hydrogens (tertiary/aromatic N) is 1. The van der Waals surface area contributed by atoms with Gasteiger partial charge >= 0.3 is 5.97 Å². The molecule has 2 amide bonds. The number of esters is 1. The Labute approximate surface area is 186 Å². The largest absolute Gasteiger partial charge is 0.459 e. The molecule has 7 heteroatoms. The Kier molecular flexibility index (Phi) is 6.18. The summed E-state index contributed by atoms with van der Waals surface area (Å²) in [5.74, 6) is -1.81. The molecule has 0 unspecified atom stereocenters. The minimum Gasteiger partial charge on any atom is -0.459 e. The van der Waals surface area contributed by atoms with Crippen molar-refractivity contribution < 1.29 is 19.1 Å². The molecule has 1 fully saturated rings. The first-order chi connectivity index (χ1) is 15.6. The van der Waals surface area contributed by atoms with Crippen LogP contribution in [-0.2, 0) is 25.7 Å². The van der Waals surface area contributed by atoms with E-state index in [-0.39, 0.29) is 26.1 Å². The van der Waals surface area contributed by atoms with Gasteiger partial charge in [0.2, 0.25) is 11.4 Å². The van der Waals surface area contributed by atoms with Gasteiger partial charge in [-0.05, 0) is 29.9 Å². The van der Waals surface area contributed by atoms with E-state index in [0.717, 1.165) is 16.3 Å². The highest BCUT2D eigenvalue weighted by atomic mass is 16.5. The highest BCUT2D eigenvalue weighted by Gasteiger charge is 2.56. The van der Waals surface area contributed by atoms with Gasteiger partial charge in [-0.3, -0.25) is 9.59 Å². The van der Waals surface area contributed by atoms with Crippen molar-refractivity contribution in [2.75, 3.05) is 18.4 Å². The summed E-state index contributed by atoms with van der Waals surface area (Å²) in [6.07, 6.45) is 0.665. The Morgan fingerprint density at radius 1 is 0.969 bits per heavy atom. The zero-order valence-corrected chi connectivity index (χ0v) is 17.6. The van der Waals surface area contributed by atoms with Crippen molar-refractivity contribution in [2.24, 2.45) is 5.73 Å². The molecule has 32 heavy (non-hydrogen) atoms. The van der Waals surface area contributed by atoms with Crippen LogP contribution in [0.3, 0.4) is 0 Å². The van der Waals surface area contributed by atoms with Crippen LogP contribution in [0.25, 0.3) is 10.8 Å². The fraction of sp³-hybridized carbons (Fsp3) is 0.240. The van der Waals surface area contributed by atoms with Gasteiger partial charge in [0, 0.05) is 17.6 Å². The lowest BCUT2D eigenvalue weighted by atomic mass is 9.94. The van der Waals surface area contributed by atoms with Crippen molar-refractivity contribution in [1.29, 1.82) is 0 Å². The summed E-state index contributed by atoms with van der Waals surface area (Å²) in [5.41, 5.74) is 5.19. The zero-order valence-electron chi connectivity index (χ0n) is 17.6. The topological polar surface area (TPSA) is 102 Å². The zero-order chi connectivity index (χ0) is 22.6. The van der Waals surface area contributed by atoms with Crippen LogP contribution in [0.5, 0.6) is 0 Å². The number of anilines is 1. The van der Waals surface area contributed by atoms with Crippen LogP contribution in [0, 0.1) is 0 Å². The summed E-state index contributed by atoms with van der Waals surface area (Å²) >= 11 is 0. The van der Waals surface area contributed by atoms with Gasteiger partial charge in [0.25, 0.3) is 5.91 Å². The van der Waals surface area contributed by atoms with Crippen LogP contribution in [0.1, 0.15) is 18.4 Å². The second-order valence-electron chi connectivity index (χ2n) is 7.76. The highest BCUT2D eigenvalue weighted by molar-refractivity contribution is 6.17. The number of fused-ring (bicyclic) bond motifs is 1. The molecule has 0 spiro atoms. The van der Waals surface area contributed by atoms with Crippen molar-refractivity contribution >= 4 is 34.2 Å². The van der Waals surface area contributed by atoms with Gasteiger partial charge in [-0.15, -0.1) is 0 Å². The summed E-state index contributed by atoms with van der Waals surface area (Å²) in [6.45, 7) is -0.0255. The van der Waals surface area contributed by atoms with Gasteiger partial charge < -0.3 is 20.7 Å². The molecule has 1 aliphatic rings. The predicted octanol–water partition coefficient (Wildman–Crippen LogP) is 2.84. The summed E-state index contributed by atoms with van der Waals surface area (Å²) in [6, 6.07) is 22.4. The lowest BCUT2D eigenvalue weighted by Crippen LogP contribution is -2.62. The van der Waals surface area contributed by atoms with Crippen molar-refractivity contribution in [3.05, 3.63) is 78.4 Å². The average Bonchev–Trinajstić information content (AvgIpc) is 3.29. The molecule has 1 aliphatic heterocycles. The third-order valence-electron chi connectivity index (χ3n) is 5.82. The lowest BCUT2D eigenvalue weighted by molar-refractivity contribution is -0.166. The van der Waals surface area contributed by atoms with Gasteiger partial charge in [0.05, 0.1) is 6.54 Å². The van der Waals surface area contributed by atoms with Crippen molar-refractivity contribution in [2.45, 2.75) is 25.0 Å². The lowest BCUT2D eigenvalue weighted by Gasteiger charge is -2.34. The number of nitrogens with one attached hydrogen (secondary N) is 1. The maximum atomic E-state index is 13.6. The van der Waals surface area contributed by atoms with E-state index in [0.29, 0.717) is 12.1 Å². The van der Waals surface area contributed by atoms with E-state index >= 15 is 0 Å². The number of hydrogen-bond donors (Lipinski definition) is 2. The molecule has 3 N–H and O–H groups in total. The first-order valence-electron chi connectivity index (χ1n) is 10.6. The molecule has 7 nitrogen and oxygen atoms in total. The monoisotopic (exact) mass is 431 g/mol. The Bertz CT molecular complexity index is 1140. The van der Waals surface area contributed by atoms with E-state index in [1.165, 1.54) is 4.90 Å². The van der Waals surface area contributed by atoms with Crippen LogP contribution in [0.15, 0.2) is 72.8 Å². The van der Waals surface area contributed by atoms with E-state index < -0.39 is 23.3 Å². The number of amides is 2. The number of hydrogen-bond acceptors (Lipinski definition) is 5. The number of carbonyl (C=O) groups is 3. The standard InChI is InChI=1S/C25H25N3O4/c26-16-22(29)28-15-7-14-25(28,24(31)32-17-18-8-2-1-3-9-18)23(30)27-21-13-6-11-19-10-4-5-12-20(19)21/h1-6,8-13H,7,14-17,26H2,(H,27,30)/t25-/m0/s1. The summed E-state index contributed by atoms with van der Waals surface area (Å²) in [4.78, 5) is 40.8. The van der Waals surface area contributed by atoms with Gasteiger partial charge in [-0.2, -0.15) is 0 Å². The molecular formula is C25H25N3O4. The molecule has 0 aromatic heterocycles. The Morgan fingerprint density at radius 2 is 1.69 bits per heavy atom. The van der Waals surface area contributed by atoms with Crippen LogP contribution in [-0.4, -0.2) is 41.3 Å². The van der Waals surface area contributed by atoms with Gasteiger partial charge in [-0.1, -0.05) is 66.7 Å². The number of carbonyl (C=O) groups excluding carboxylic acids is 3. The van der Waals surface area contributed by atoms with Crippen LogP contribution in [0.4, 0.5) is 5.69 Å². The molecule has 1 heterocycles. The summed E-state index contributed by atoms with van der Waals surface area (Å²) in [7, 11) is 0. The molecule has 3 aromatic carbocycles. The summed E-state index contributed by atoms with van der Waals surface area (Å²) in [5, 5.41) is 4.67. The van der Waals surface area contributed by atoms with Gasteiger partial charge in [0.1, 0.15) is 6.61 Å². The Morgan fingerprint density at radius 3 is 2.47 bits per heavy atom. The van der Waals surface area contributed by atoms with Gasteiger partial charge in [-0.25, -0.2) is 4.79 Å². The van der Waals surface area contributed by atoms with Crippen LogP contribution >= 0.6 is 0 Å². The molecule has 0 bridgehead atoms. The Hall–Kier alpha value is -3.71. The quantitative estimate of drug-likeness (QED) is 0.462. The SMILES string of the molecule is NCC(=O)N1CCC[C@]1(C(=O)Nc1cccc2ccccc12)C(=O)OCc1ccccc1. The molecular weight excluding hydrogens is 406 g/mol. The number of nitrogens with two attached hydrogens (primary N) is 1. The van der Waals surface area contributed by atoms with Crippen LogP contribution < -0.4 is 11.1 Å². The fourth-order valence-corrected chi connectivity index (χ4v) is 4.21. The predicted molar refractivity (Wildman–Crippen MR) is 122 cm³/mol. The molecule has 1 atom stereocenters. The number of ether oxygens (including phenoxy) is 1. The molecule has 164 valence electrons. The maximum absolute atomic E-state index is 13.6. The highest BCUT2D eigenvalue weighted by Crippen LogP contribution is 2.34. The fourth-order valence-electron chi connectivity index (χ4n) is 4.21. The van der Waals surface area contributed by atoms with E-state index in [1.807, 2.05) is 66.7 Å². The normalized spacial score (nSPS) is 17.8. The smallest absolute Gasteiger partial charge is 0.342 e. The van der Waals surface area contributed by atoms with E-state index in [2.05, 4.69) is 5.32 Å². The van der Waals surface area contributed by atoms with Crippen LogP contribution in [0.2, 0.25) is 0 Å². The number of benzene rings is 3. The second-order valence-corrected chi connectivity index (χ2v) is 7.76. The molecule has 0 aliphatic carbocycles.